The number of thiophene rings is 1. The number of hydrogen-bond acceptors (Lipinski definition) is 4. The van der Waals surface area contributed by atoms with E-state index in [9.17, 15) is 13.2 Å². The zero-order valence-electron chi connectivity index (χ0n) is 9.58. The van der Waals surface area contributed by atoms with Gasteiger partial charge in [0.15, 0.2) is 0 Å². The number of halogens is 1. The van der Waals surface area contributed by atoms with Gasteiger partial charge < -0.3 is 4.90 Å². The van der Waals surface area contributed by atoms with E-state index in [4.69, 9.17) is 11.6 Å². The Kier molecular flexibility index (Phi) is 4.26. The van der Waals surface area contributed by atoms with E-state index in [-0.39, 0.29) is 5.91 Å². The van der Waals surface area contributed by atoms with Gasteiger partial charge in [-0.15, -0.1) is 22.9 Å². The molecule has 2 heterocycles. The van der Waals surface area contributed by atoms with Crippen LogP contribution in [0.1, 0.15) is 9.67 Å². The maximum atomic E-state index is 12.0. The molecular formula is C10H13ClN2O3S2. The van der Waals surface area contributed by atoms with E-state index in [2.05, 4.69) is 0 Å². The van der Waals surface area contributed by atoms with Gasteiger partial charge in [0.2, 0.25) is 10.0 Å². The quantitative estimate of drug-likeness (QED) is 0.784. The summed E-state index contributed by atoms with van der Waals surface area (Å²) >= 11 is 6.79. The van der Waals surface area contributed by atoms with E-state index in [0.717, 1.165) is 0 Å². The van der Waals surface area contributed by atoms with Crippen molar-refractivity contribution in [2.24, 2.45) is 0 Å². The summed E-state index contributed by atoms with van der Waals surface area (Å²) in [5, 5.41) is 1.44. The molecule has 18 heavy (non-hydrogen) atoms. The molecule has 1 aliphatic rings. The second-order valence-electron chi connectivity index (χ2n) is 3.89. The number of rotatable bonds is 3. The Labute approximate surface area is 115 Å². The molecule has 0 atom stereocenters. The largest absolute Gasteiger partial charge is 0.335 e. The maximum Gasteiger partial charge on any atom is 0.264 e. The molecule has 1 aromatic heterocycles. The van der Waals surface area contributed by atoms with Crippen LogP contribution in [0, 0.1) is 0 Å². The molecule has 0 bridgehead atoms. The first-order chi connectivity index (χ1) is 8.54. The van der Waals surface area contributed by atoms with Crippen LogP contribution in [-0.4, -0.2) is 54.9 Å². The van der Waals surface area contributed by atoms with Crippen molar-refractivity contribution in [3.05, 3.63) is 22.4 Å². The lowest BCUT2D eigenvalue weighted by atomic mass is 10.3. The molecule has 1 aromatic rings. The van der Waals surface area contributed by atoms with Gasteiger partial charge >= 0.3 is 0 Å². The van der Waals surface area contributed by atoms with Gasteiger partial charge in [0.1, 0.15) is 5.21 Å². The number of nitrogens with zero attached hydrogens (tertiary/aromatic N) is 2. The van der Waals surface area contributed by atoms with Crippen LogP contribution in [0.5, 0.6) is 0 Å². The Hall–Kier alpha value is -0.630. The molecule has 0 unspecified atom stereocenters. The number of sulfonamides is 1. The smallest absolute Gasteiger partial charge is 0.264 e. The van der Waals surface area contributed by atoms with Crippen LogP contribution < -0.4 is 0 Å². The first kappa shape index (κ1) is 13.8. The molecule has 1 amide bonds. The summed E-state index contributed by atoms with van der Waals surface area (Å²) in [6.45, 7) is 1.44. The van der Waals surface area contributed by atoms with Gasteiger partial charge in [-0.1, -0.05) is 6.07 Å². The van der Waals surface area contributed by atoms with Crippen LogP contribution in [0.4, 0.5) is 0 Å². The molecule has 0 aromatic carbocycles. The van der Waals surface area contributed by atoms with Crippen LogP contribution in [-0.2, 0) is 10.0 Å². The summed E-state index contributed by atoms with van der Waals surface area (Å²) in [7, 11) is -3.36. The minimum absolute atomic E-state index is 0.0343. The van der Waals surface area contributed by atoms with Gasteiger partial charge in [0, 0.05) is 26.2 Å². The molecule has 1 fully saturated rings. The van der Waals surface area contributed by atoms with Gasteiger partial charge in [-0.2, -0.15) is 4.31 Å². The van der Waals surface area contributed by atoms with E-state index < -0.39 is 15.2 Å². The number of piperazine rings is 1. The molecule has 5 nitrogen and oxygen atoms in total. The predicted molar refractivity (Wildman–Crippen MR) is 71.4 cm³/mol. The Morgan fingerprint density at radius 3 is 2.50 bits per heavy atom. The summed E-state index contributed by atoms with van der Waals surface area (Å²) in [5.74, 6) is -0.0343. The zero-order chi connectivity index (χ0) is 13.2. The molecule has 8 heteroatoms. The van der Waals surface area contributed by atoms with E-state index in [1.807, 2.05) is 11.4 Å². The van der Waals surface area contributed by atoms with Gasteiger partial charge in [-0.05, 0) is 11.4 Å². The highest BCUT2D eigenvalue weighted by molar-refractivity contribution is 7.90. The number of carbonyl (C=O) groups is 1. The fraction of sp³-hybridized carbons (Fsp3) is 0.500. The number of alkyl halides is 1. The third-order valence-electron chi connectivity index (χ3n) is 2.79. The van der Waals surface area contributed by atoms with E-state index in [1.165, 1.54) is 15.6 Å². The summed E-state index contributed by atoms with van der Waals surface area (Å²) < 4.78 is 24.4. The van der Waals surface area contributed by atoms with Crippen LogP contribution in [0.2, 0.25) is 0 Å². The van der Waals surface area contributed by atoms with Crippen LogP contribution >= 0.6 is 22.9 Å². The molecule has 0 saturated carbocycles. The van der Waals surface area contributed by atoms with Crippen molar-refractivity contribution >= 4 is 38.9 Å². The van der Waals surface area contributed by atoms with Crippen molar-refractivity contribution in [3.63, 3.8) is 0 Å². The van der Waals surface area contributed by atoms with Gasteiger partial charge in [0.05, 0.1) is 4.88 Å². The van der Waals surface area contributed by atoms with Gasteiger partial charge in [-0.25, -0.2) is 8.42 Å². The number of amides is 1. The molecule has 1 saturated heterocycles. The monoisotopic (exact) mass is 308 g/mol. The van der Waals surface area contributed by atoms with Gasteiger partial charge in [-0.3, -0.25) is 4.79 Å². The topological polar surface area (TPSA) is 57.7 Å². The normalized spacial score (nSPS) is 17.9. The highest BCUT2D eigenvalue weighted by Gasteiger charge is 2.28. The predicted octanol–water partition coefficient (Wildman–Crippen LogP) is 1.03. The van der Waals surface area contributed by atoms with Crippen molar-refractivity contribution in [2.75, 3.05) is 31.4 Å². The Morgan fingerprint density at radius 2 is 2.00 bits per heavy atom. The second kappa shape index (κ2) is 5.56. The highest BCUT2D eigenvalue weighted by atomic mass is 35.5. The summed E-state index contributed by atoms with van der Waals surface area (Å²) in [6, 6.07) is 3.60. The van der Waals surface area contributed by atoms with E-state index >= 15 is 0 Å². The highest BCUT2D eigenvalue weighted by Crippen LogP contribution is 2.15. The average molecular weight is 309 g/mol. The Balaban J connectivity index is 1.97. The molecule has 0 spiro atoms. The van der Waals surface area contributed by atoms with E-state index in [0.29, 0.717) is 31.1 Å². The first-order valence-corrected chi connectivity index (χ1v) is 8.43. The maximum absolute atomic E-state index is 12.0. The van der Waals surface area contributed by atoms with Crippen molar-refractivity contribution in [1.82, 2.24) is 9.21 Å². The third kappa shape index (κ3) is 2.85. The van der Waals surface area contributed by atoms with Crippen molar-refractivity contribution < 1.29 is 13.2 Å². The van der Waals surface area contributed by atoms with Crippen molar-refractivity contribution in [3.8, 4) is 0 Å². The summed E-state index contributed by atoms with van der Waals surface area (Å²) in [5.41, 5.74) is 0. The Morgan fingerprint density at radius 1 is 1.33 bits per heavy atom. The lowest BCUT2D eigenvalue weighted by Gasteiger charge is -2.33. The summed E-state index contributed by atoms with van der Waals surface area (Å²) in [6.07, 6.45) is 0. The second-order valence-corrected chi connectivity index (χ2v) is 7.39. The van der Waals surface area contributed by atoms with Crippen molar-refractivity contribution in [1.29, 1.82) is 0 Å². The average Bonchev–Trinajstić information content (AvgIpc) is 2.92. The van der Waals surface area contributed by atoms with Crippen molar-refractivity contribution in [2.45, 2.75) is 0 Å². The number of carbonyl (C=O) groups excluding carboxylic acids is 1. The molecule has 2 rings (SSSR count). The summed E-state index contributed by atoms with van der Waals surface area (Å²) in [4.78, 5) is 14.4. The molecule has 0 aliphatic carbocycles. The minimum Gasteiger partial charge on any atom is -0.335 e. The lowest BCUT2D eigenvalue weighted by Crippen LogP contribution is -2.50. The Bertz CT molecular complexity index is 507. The number of hydrogen-bond donors (Lipinski definition) is 0. The zero-order valence-corrected chi connectivity index (χ0v) is 12.0. The fourth-order valence-electron chi connectivity index (χ4n) is 1.79. The molecule has 100 valence electrons. The molecule has 1 aliphatic heterocycles. The molecular weight excluding hydrogens is 296 g/mol. The van der Waals surface area contributed by atoms with Crippen LogP contribution in [0.3, 0.4) is 0 Å². The molecule has 0 N–H and O–H groups in total. The lowest BCUT2D eigenvalue weighted by molar-refractivity contribution is 0.0703. The SMILES string of the molecule is O=C(c1cccs1)N1CCN(S(=O)(=O)CCl)CC1. The third-order valence-corrected chi connectivity index (χ3v) is 5.90. The van der Waals surface area contributed by atoms with Crippen LogP contribution in [0.25, 0.3) is 0 Å². The van der Waals surface area contributed by atoms with E-state index in [1.54, 1.807) is 11.0 Å². The van der Waals surface area contributed by atoms with Gasteiger partial charge in [0.25, 0.3) is 5.91 Å². The minimum atomic E-state index is -3.36. The first-order valence-electron chi connectivity index (χ1n) is 5.41. The van der Waals surface area contributed by atoms with Crippen LogP contribution in [0.15, 0.2) is 17.5 Å². The standard InChI is InChI=1S/C10H13ClN2O3S2/c11-8-18(15,16)13-5-3-12(4-6-13)10(14)9-2-1-7-17-9/h1-2,7H,3-6,8H2. The molecule has 0 radical (unpaired) electrons. The fourth-order valence-corrected chi connectivity index (χ4v) is 3.76.